The maximum absolute atomic E-state index is 12.0. The second kappa shape index (κ2) is 11.0. The second-order valence-corrected chi connectivity index (χ2v) is 7.27. The van der Waals surface area contributed by atoms with Gasteiger partial charge in [-0.3, -0.25) is 9.52 Å². The fraction of sp³-hybridized carbons (Fsp3) is 0.267. The number of rotatable bonds is 7. The third-order valence-corrected chi connectivity index (χ3v) is 3.99. The number of aryl methyl sites for hydroxylation is 2. The molecule has 0 spiro atoms. The number of carbonyl (C=O) groups excluding carboxylic acids is 1. The van der Waals surface area contributed by atoms with E-state index in [1.165, 1.54) is 6.07 Å². The van der Waals surface area contributed by atoms with Gasteiger partial charge in [-0.25, -0.2) is 9.97 Å². The summed E-state index contributed by atoms with van der Waals surface area (Å²) in [6.07, 6.45) is 0. The third-order valence-electron chi connectivity index (χ3n) is 2.77. The summed E-state index contributed by atoms with van der Waals surface area (Å²) in [4.78, 5) is 19.8. The molecule has 0 aliphatic rings. The number of amides is 2. The summed E-state index contributed by atoms with van der Waals surface area (Å²) in [6, 6.07) is 6.75. The van der Waals surface area contributed by atoms with Crippen molar-refractivity contribution in [2.24, 2.45) is 0 Å². The van der Waals surface area contributed by atoms with Crippen molar-refractivity contribution in [1.29, 1.82) is 0 Å². The van der Waals surface area contributed by atoms with E-state index in [-0.39, 0.29) is 47.0 Å². The van der Waals surface area contributed by atoms with Crippen molar-refractivity contribution in [3.05, 3.63) is 46.4 Å². The molecule has 0 aliphatic carbocycles. The number of hydrogen-bond acceptors (Lipinski definition) is 7. The van der Waals surface area contributed by atoms with Crippen molar-refractivity contribution < 1.29 is 51.7 Å². The van der Waals surface area contributed by atoms with Gasteiger partial charge in [0.1, 0.15) is 5.95 Å². The van der Waals surface area contributed by atoms with E-state index < -0.39 is 16.3 Å². The molecule has 0 aliphatic heterocycles. The van der Waals surface area contributed by atoms with Gasteiger partial charge in [0.15, 0.2) is 17.5 Å². The quantitative estimate of drug-likeness (QED) is 0.317. The summed E-state index contributed by atoms with van der Waals surface area (Å²) in [6.45, 7) is 3.81. The number of alkyl halides is 1. The van der Waals surface area contributed by atoms with Crippen molar-refractivity contribution in [2.75, 3.05) is 16.4 Å². The Hall–Kier alpha value is -1.15. The summed E-state index contributed by atoms with van der Waals surface area (Å²) >= 11 is 2.12. The van der Waals surface area contributed by atoms with Gasteiger partial charge in [-0.05, 0) is 32.0 Å². The Bertz CT molecular complexity index is 877. The Morgan fingerprint density at radius 2 is 1.78 bits per heavy atom. The van der Waals surface area contributed by atoms with E-state index in [9.17, 15) is 13.2 Å². The van der Waals surface area contributed by atoms with Crippen LogP contribution in [0.2, 0.25) is 0 Å². The fourth-order valence-corrected chi connectivity index (χ4v) is 2.79. The molecule has 0 saturated heterocycles. The smallest absolute Gasteiger partial charge is 0.489 e. The van der Waals surface area contributed by atoms with E-state index in [0.29, 0.717) is 22.4 Å². The van der Waals surface area contributed by atoms with E-state index in [4.69, 9.17) is 8.92 Å². The molecule has 27 heavy (non-hydrogen) atoms. The molecule has 1 heterocycles. The first-order chi connectivity index (χ1) is 12.3. The number of nitrogens with one attached hydrogen (secondary N) is 1. The van der Waals surface area contributed by atoms with Crippen LogP contribution in [-0.4, -0.2) is 35.5 Å². The van der Waals surface area contributed by atoms with Gasteiger partial charge in [-0.1, -0.05) is 34.7 Å². The third kappa shape index (κ3) is 8.17. The first-order valence-corrected chi connectivity index (χ1v) is 10.3. The molecule has 0 radical (unpaired) electrons. The molecule has 2 amide bonds. The Labute approximate surface area is 193 Å². The standard InChI is InChI=1S/C15H17IN4O5S.Na/c1-10-9-11(2)18-14(17-10)19-15(21)20-26(22,23)25-13-6-4-3-5-12(13)24-8-7-16;/h3-6,9H,7-8H2,1-2H3,(H2,17,18,19,20,21);/q;+1/p-1. The van der Waals surface area contributed by atoms with Gasteiger partial charge in [0, 0.05) is 15.8 Å². The van der Waals surface area contributed by atoms with Gasteiger partial charge in [0.05, 0.1) is 6.61 Å². The molecule has 1 aromatic carbocycles. The van der Waals surface area contributed by atoms with Crippen molar-refractivity contribution in [1.82, 2.24) is 9.97 Å². The molecule has 0 bridgehead atoms. The number of carbonyl (C=O) groups is 1. The first-order valence-electron chi connectivity index (χ1n) is 7.37. The molecule has 0 fully saturated rings. The van der Waals surface area contributed by atoms with Gasteiger partial charge in [0.2, 0.25) is 0 Å². The normalized spacial score (nSPS) is 10.5. The maximum atomic E-state index is 12.0. The van der Waals surface area contributed by atoms with Gasteiger partial charge in [0.25, 0.3) is 0 Å². The van der Waals surface area contributed by atoms with E-state index in [0.717, 1.165) is 0 Å². The average molecular weight is 514 g/mol. The van der Waals surface area contributed by atoms with Crippen LogP contribution in [0, 0.1) is 13.8 Å². The van der Waals surface area contributed by atoms with E-state index >= 15 is 0 Å². The number of urea groups is 1. The van der Waals surface area contributed by atoms with Gasteiger partial charge >= 0.3 is 39.9 Å². The molecular formula is C15H16IN4NaO5S. The zero-order valence-corrected chi connectivity index (χ0v) is 19.9. The Kier molecular flexibility index (Phi) is 9.73. The minimum Gasteiger partial charge on any atom is -0.489 e. The number of ether oxygens (including phenoxy) is 1. The topological polar surface area (TPSA) is 122 Å². The maximum Gasteiger partial charge on any atom is 1.00 e. The van der Waals surface area contributed by atoms with Crippen LogP contribution in [0.4, 0.5) is 10.7 Å². The zero-order valence-electron chi connectivity index (χ0n) is 15.0. The Morgan fingerprint density at radius 1 is 1.19 bits per heavy atom. The molecule has 2 aromatic rings. The number of anilines is 1. The number of nitrogens with zero attached hydrogens (tertiary/aromatic N) is 3. The van der Waals surface area contributed by atoms with E-state index in [1.54, 1.807) is 38.1 Å². The predicted molar refractivity (Wildman–Crippen MR) is 104 cm³/mol. The monoisotopic (exact) mass is 514 g/mol. The van der Waals surface area contributed by atoms with E-state index in [2.05, 4.69) is 42.6 Å². The minimum atomic E-state index is -4.55. The van der Waals surface area contributed by atoms with Gasteiger partial charge in [-0.15, -0.1) is 0 Å². The van der Waals surface area contributed by atoms with Crippen molar-refractivity contribution in [3.63, 3.8) is 0 Å². The molecular weight excluding hydrogens is 498 g/mol. The van der Waals surface area contributed by atoms with Gasteiger partial charge in [-0.2, -0.15) is 8.42 Å². The van der Waals surface area contributed by atoms with Gasteiger partial charge < -0.3 is 14.2 Å². The molecule has 2 rings (SSSR count). The van der Waals surface area contributed by atoms with Crippen molar-refractivity contribution in [2.45, 2.75) is 13.8 Å². The summed E-state index contributed by atoms with van der Waals surface area (Å²) in [5.74, 6) is 0.134. The van der Waals surface area contributed by atoms with Crippen molar-refractivity contribution in [3.8, 4) is 11.5 Å². The second-order valence-electron chi connectivity index (χ2n) is 4.99. The average Bonchev–Trinajstić information content (AvgIpc) is 2.51. The molecule has 12 heteroatoms. The number of benzene rings is 1. The molecule has 0 unspecified atom stereocenters. The largest absolute Gasteiger partial charge is 1.00 e. The molecule has 1 N–H and O–H groups in total. The molecule has 0 atom stereocenters. The van der Waals surface area contributed by atoms with Crippen LogP contribution >= 0.6 is 22.6 Å². The van der Waals surface area contributed by atoms with E-state index in [1.807, 2.05) is 0 Å². The van der Waals surface area contributed by atoms with Crippen LogP contribution in [0.25, 0.3) is 4.72 Å². The SMILES string of the molecule is Cc1cc(C)nc(NC(=O)[N-]S(=O)(=O)Oc2ccccc2OCCI)n1.[Na+]. The van der Waals surface area contributed by atoms with Crippen LogP contribution in [0.3, 0.4) is 0 Å². The minimum absolute atomic E-state index is 0. The predicted octanol–water partition coefficient (Wildman–Crippen LogP) is 0.141. The summed E-state index contributed by atoms with van der Waals surface area (Å²) in [5.41, 5.74) is 1.24. The van der Waals surface area contributed by atoms with Crippen LogP contribution in [-0.2, 0) is 10.3 Å². The molecule has 140 valence electrons. The first kappa shape index (κ1) is 23.9. The fourth-order valence-electron chi connectivity index (χ4n) is 1.92. The number of para-hydroxylation sites is 2. The van der Waals surface area contributed by atoms with Crippen LogP contribution in [0.1, 0.15) is 11.4 Å². The molecule has 9 nitrogen and oxygen atoms in total. The summed E-state index contributed by atoms with van der Waals surface area (Å²) in [7, 11) is -4.55. The Balaban J connectivity index is 0.00000364. The zero-order chi connectivity index (χ0) is 19.2. The van der Waals surface area contributed by atoms with Crippen LogP contribution in [0.15, 0.2) is 30.3 Å². The summed E-state index contributed by atoms with van der Waals surface area (Å²) < 4.78 is 38.0. The number of aromatic nitrogens is 2. The summed E-state index contributed by atoms with van der Waals surface area (Å²) in [5, 5.41) is 2.20. The molecule has 0 saturated carbocycles. The number of hydrogen-bond donors (Lipinski definition) is 1. The molecule has 1 aromatic heterocycles. The van der Waals surface area contributed by atoms with Crippen LogP contribution < -0.4 is 43.8 Å². The van der Waals surface area contributed by atoms with Crippen LogP contribution in [0.5, 0.6) is 11.5 Å². The Morgan fingerprint density at radius 3 is 2.37 bits per heavy atom. The number of halogens is 1. The van der Waals surface area contributed by atoms with Crippen molar-refractivity contribution >= 4 is 44.9 Å².